The predicted molar refractivity (Wildman–Crippen MR) is 93.6 cm³/mol. The third-order valence-electron chi connectivity index (χ3n) is 4.09. The number of carbonyl (C=O) groups excluding carboxylic acids is 3. The molecule has 0 N–H and O–H groups in total. The van der Waals surface area contributed by atoms with Gasteiger partial charge in [0.15, 0.2) is 12.4 Å². The van der Waals surface area contributed by atoms with Crippen molar-refractivity contribution in [2.75, 3.05) is 19.7 Å². The minimum Gasteiger partial charge on any atom is -0.455 e. The molecule has 1 amide bonds. The van der Waals surface area contributed by atoms with Gasteiger partial charge < -0.3 is 9.64 Å². The standard InChI is InChI=1S/C18H22BrNO4/c1-13(10-16(21)14-6-5-7-15(19)11-14)18(23)24-12-17(22)20-8-3-2-4-9-20/h5-7,11,13H,2-4,8-10,12H2,1H3/t13-/m1/s1. The highest BCUT2D eigenvalue weighted by Gasteiger charge is 2.22. The summed E-state index contributed by atoms with van der Waals surface area (Å²) in [4.78, 5) is 37.9. The average Bonchev–Trinajstić information content (AvgIpc) is 2.60. The number of ketones is 1. The molecule has 1 aromatic carbocycles. The normalized spacial score (nSPS) is 15.7. The van der Waals surface area contributed by atoms with Crippen molar-refractivity contribution in [1.29, 1.82) is 0 Å². The van der Waals surface area contributed by atoms with Gasteiger partial charge in [-0.2, -0.15) is 0 Å². The second-order valence-electron chi connectivity index (χ2n) is 6.09. The van der Waals surface area contributed by atoms with Gasteiger partial charge in [0.2, 0.25) is 0 Å². The Morgan fingerprint density at radius 2 is 1.92 bits per heavy atom. The molecule has 1 aliphatic heterocycles. The zero-order valence-corrected chi connectivity index (χ0v) is 15.4. The Balaban J connectivity index is 1.79. The summed E-state index contributed by atoms with van der Waals surface area (Å²) in [5, 5.41) is 0. The average molecular weight is 396 g/mol. The molecule has 1 aliphatic rings. The van der Waals surface area contributed by atoms with Crippen LogP contribution in [0.3, 0.4) is 0 Å². The first-order chi connectivity index (χ1) is 11.5. The van der Waals surface area contributed by atoms with Crippen molar-refractivity contribution in [2.45, 2.75) is 32.6 Å². The fraction of sp³-hybridized carbons (Fsp3) is 0.500. The maximum absolute atomic E-state index is 12.2. The Bertz CT molecular complexity index is 611. The first kappa shape index (κ1) is 18.6. The summed E-state index contributed by atoms with van der Waals surface area (Å²) in [6.07, 6.45) is 3.19. The van der Waals surface area contributed by atoms with Gasteiger partial charge in [-0.25, -0.2) is 0 Å². The van der Waals surface area contributed by atoms with Crippen molar-refractivity contribution in [3.05, 3.63) is 34.3 Å². The van der Waals surface area contributed by atoms with Gasteiger partial charge in [-0.1, -0.05) is 35.0 Å². The number of likely N-dealkylation sites (tertiary alicyclic amines) is 1. The maximum Gasteiger partial charge on any atom is 0.309 e. The van der Waals surface area contributed by atoms with Crippen LogP contribution in [0.5, 0.6) is 0 Å². The molecule has 0 aliphatic carbocycles. The Hall–Kier alpha value is -1.69. The lowest BCUT2D eigenvalue weighted by molar-refractivity contribution is -0.155. The van der Waals surface area contributed by atoms with Crippen molar-refractivity contribution in [3.63, 3.8) is 0 Å². The predicted octanol–water partition coefficient (Wildman–Crippen LogP) is 3.21. The molecule has 1 aromatic rings. The number of rotatable bonds is 6. The number of ether oxygens (including phenoxy) is 1. The lowest BCUT2D eigenvalue weighted by atomic mass is 10.00. The molecule has 0 unspecified atom stereocenters. The zero-order chi connectivity index (χ0) is 17.5. The fourth-order valence-corrected chi connectivity index (χ4v) is 3.05. The van der Waals surface area contributed by atoms with Gasteiger partial charge in [0, 0.05) is 29.5 Å². The summed E-state index contributed by atoms with van der Waals surface area (Å²) in [5.41, 5.74) is 0.549. The maximum atomic E-state index is 12.2. The van der Waals surface area contributed by atoms with Crippen LogP contribution in [0.15, 0.2) is 28.7 Å². The highest BCUT2D eigenvalue weighted by atomic mass is 79.9. The van der Waals surface area contributed by atoms with Gasteiger partial charge in [0.25, 0.3) is 5.91 Å². The van der Waals surface area contributed by atoms with Crippen LogP contribution in [0.2, 0.25) is 0 Å². The highest BCUT2D eigenvalue weighted by Crippen LogP contribution is 2.16. The van der Waals surface area contributed by atoms with Gasteiger partial charge >= 0.3 is 5.97 Å². The zero-order valence-electron chi connectivity index (χ0n) is 13.8. The fourth-order valence-electron chi connectivity index (χ4n) is 2.65. The van der Waals surface area contributed by atoms with Gasteiger partial charge in [-0.15, -0.1) is 0 Å². The summed E-state index contributed by atoms with van der Waals surface area (Å²) in [6.45, 7) is 2.86. The number of nitrogens with zero attached hydrogens (tertiary/aromatic N) is 1. The van der Waals surface area contributed by atoms with Gasteiger partial charge in [-0.3, -0.25) is 14.4 Å². The summed E-state index contributed by atoms with van der Waals surface area (Å²) in [6, 6.07) is 7.05. The molecule has 0 radical (unpaired) electrons. The van der Waals surface area contributed by atoms with E-state index in [0.29, 0.717) is 5.56 Å². The summed E-state index contributed by atoms with van der Waals surface area (Å²) >= 11 is 3.32. The Morgan fingerprint density at radius 3 is 2.58 bits per heavy atom. The van der Waals surface area contributed by atoms with Crippen molar-refractivity contribution >= 4 is 33.6 Å². The molecule has 1 atom stereocenters. The molecule has 6 heteroatoms. The number of Topliss-reactive ketones (excluding diaryl/α,β-unsaturated/α-hetero) is 1. The number of carbonyl (C=O) groups is 3. The van der Waals surface area contributed by atoms with E-state index in [4.69, 9.17) is 4.74 Å². The molecule has 0 bridgehead atoms. The van der Waals surface area contributed by atoms with Crippen LogP contribution in [0, 0.1) is 5.92 Å². The van der Waals surface area contributed by atoms with E-state index >= 15 is 0 Å². The molecule has 1 fully saturated rings. The summed E-state index contributed by atoms with van der Waals surface area (Å²) in [5.74, 6) is -1.37. The van der Waals surface area contributed by atoms with E-state index in [0.717, 1.165) is 36.8 Å². The number of hydrogen-bond acceptors (Lipinski definition) is 4. The van der Waals surface area contributed by atoms with Crippen LogP contribution in [0.4, 0.5) is 0 Å². The Labute approximate surface area is 150 Å². The van der Waals surface area contributed by atoms with Crippen molar-refractivity contribution < 1.29 is 19.1 Å². The number of hydrogen-bond donors (Lipinski definition) is 0. The summed E-state index contributed by atoms with van der Waals surface area (Å²) in [7, 11) is 0. The van der Waals surface area contributed by atoms with Crippen LogP contribution in [-0.4, -0.2) is 42.3 Å². The monoisotopic (exact) mass is 395 g/mol. The van der Waals surface area contributed by atoms with Crippen LogP contribution in [0.25, 0.3) is 0 Å². The molecular weight excluding hydrogens is 374 g/mol. The number of halogens is 1. The first-order valence-corrected chi connectivity index (χ1v) is 9.00. The molecule has 130 valence electrons. The molecule has 0 saturated carbocycles. The van der Waals surface area contributed by atoms with E-state index in [1.54, 1.807) is 30.0 Å². The molecular formula is C18H22BrNO4. The quantitative estimate of drug-likeness (QED) is 0.547. The largest absolute Gasteiger partial charge is 0.455 e. The van der Waals surface area contributed by atoms with Crippen LogP contribution < -0.4 is 0 Å². The van der Waals surface area contributed by atoms with Gasteiger partial charge in [0.05, 0.1) is 5.92 Å². The van der Waals surface area contributed by atoms with E-state index < -0.39 is 11.9 Å². The Kier molecular flexibility index (Phi) is 6.97. The van der Waals surface area contributed by atoms with Crippen molar-refractivity contribution in [1.82, 2.24) is 4.90 Å². The van der Waals surface area contributed by atoms with E-state index in [-0.39, 0.29) is 24.7 Å². The molecule has 5 nitrogen and oxygen atoms in total. The minimum absolute atomic E-state index is 0.0627. The van der Waals surface area contributed by atoms with Crippen LogP contribution in [0.1, 0.15) is 43.0 Å². The Morgan fingerprint density at radius 1 is 1.21 bits per heavy atom. The molecule has 0 aromatic heterocycles. The van der Waals surface area contributed by atoms with Gasteiger partial charge in [-0.05, 0) is 31.4 Å². The molecule has 1 saturated heterocycles. The second-order valence-corrected chi connectivity index (χ2v) is 7.00. The number of benzene rings is 1. The third-order valence-corrected chi connectivity index (χ3v) is 4.58. The lowest BCUT2D eigenvalue weighted by Gasteiger charge is -2.26. The second kappa shape index (κ2) is 8.97. The molecule has 24 heavy (non-hydrogen) atoms. The first-order valence-electron chi connectivity index (χ1n) is 8.20. The van der Waals surface area contributed by atoms with Gasteiger partial charge in [0.1, 0.15) is 0 Å². The van der Waals surface area contributed by atoms with E-state index in [1.807, 2.05) is 6.07 Å². The highest BCUT2D eigenvalue weighted by molar-refractivity contribution is 9.10. The van der Waals surface area contributed by atoms with E-state index in [9.17, 15) is 14.4 Å². The number of esters is 1. The van der Waals surface area contributed by atoms with Crippen molar-refractivity contribution in [3.8, 4) is 0 Å². The summed E-state index contributed by atoms with van der Waals surface area (Å²) < 4.78 is 5.90. The molecule has 1 heterocycles. The van der Waals surface area contributed by atoms with Crippen LogP contribution in [-0.2, 0) is 14.3 Å². The molecule has 2 rings (SSSR count). The van der Waals surface area contributed by atoms with Crippen LogP contribution >= 0.6 is 15.9 Å². The van der Waals surface area contributed by atoms with E-state index in [2.05, 4.69) is 15.9 Å². The number of piperidine rings is 1. The minimum atomic E-state index is -0.578. The topological polar surface area (TPSA) is 63.7 Å². The van der Waals surface area contributed by atoms with E-state index in [1.165, 1.54) is 0 Å². The molecule has 0 spiro atoms. The lowest BCUT2D eigenvalue weighted by Crippen LogP contribution is -2.38. The number of amides is 1. The smallest absolute Gasteiger partial charge is 0.309 e. The SMILES string of the molecule is C[C@H](CC(=O)c1cccc(Br)c1)C(=O)OCC(=O)N1CCCCC1. The third kappa shape index (κ3) is 5.44. The van der Waals surface area contributed by atoms with Crippen molar-refractivity contribution in [2.24, 2.45) is 5.92 Å².